The van der Waals surface area contributed by atoms with Crippen LogP contribution in [0.15, 0.2) is 10.2 Å². The van der Waals surface area contributed by atoms with Crippen molar-refractivity contribution in [2.75, 3.05) is 24.6 Å². The number of rotatable bonds is 17. The fraction of sp³-hybridized carbons (Fsp3) is 0.844. The maximum absolute atomic E-state index is 12.4. The van der Waals surface area contributed by atoms with Gasteiger partial charge in [0.2, 0.25) is 5.91 Å². The van der Waals surface area contributed by atoms with Crippen molar-refractivity contribution >= 4 is 65.3 Å². The molecule has 5 unspecified atom stereocenters. The van der Waals surface area contributed by atoms with Crippen LogP contribution in [0.2, 0.25) is 0 Å². The van der Waals surface area contributed by atoms with Crippen LogP contribution in [0, 0.1) is 11.3 Å². The molecule has 3 aliphatic rings. The second-order valence-corrected chi connectivity index (χ2v) is 20.4. The zero-order valence-electron chi connectivity index (χ0n) is 33.1. The van der Waals surface area contributed by atoms with Gasteiger partial charge < -0.3 is 23.9 Å². The number of unbranched alkanes of at least 4 members (excludes halogenated alkanes) is 2. The summed E-state index contributed by atoms with van der Waals surface area (Å²) < 4.78 is 104. The fourth-order valence-electron chi connectivity index (χ4n) is 7.97. The van der Waals surface area contributed by atoms with Crippen LogP contribution in [-0.2, 0) is 35.1 Å². The predicted octanol–water partition coefficient (Wildman–Crippen LogP) is -5.26. The van der Waals surface area contributed by atoms with Gasteiger partial charge in [0.05, 0.1) is 70.2 Å². The van der Waals surface area contributed by atoms with Gasteiger partial charge in [-0.2, -0.15) is 15.5 Å². The van der Waals surface area contributed by atoms with Gasteiger partial charge in [0, 0.05) is 30.4 Å². The molecule has 5 atom stereocenters. The molecule has 0 bridgehead atoms. The number of halogens is 2. The number of hydrogen-bond acceptors (Lipinski definition) is 15. The van der Waals surface area contributed by atoms with Crippen molar-refractivity contribution < 1.29 is 198 Å². The van der Waals surface area contributed by atoms with Crippen LogP contribution in [0.4, 0.5) is 5.82 Å². The molecule has 4 rings (SSSR count). The van der Waals surface area contributed by atoms with Crippen molar-refractivity contribution in [1.82, 2.24) is 20.0 Å². The molecular weight excluding hydrogens is 927 g/mol. The first-order chi connectivity index (χ1) is 25.3. The third-order valence-electron chi connectivity index (χ3n) is 10.6. The summed E-state index contributed by atoms with van der Waals surface area (Å²) in [6.45, 7) is 2.15. The van der Waals surface area contributed by atoms with Gasteiger partial charge in [0.15, 0.2) is 5.82 Å². The quantitative estimate of drug-likeness (QED) is 0.0504. The van der Waals surface area contributed by atoms with Crippen molar-refractivity contribution in [3.05, 3.63) is 11.3 Å². The van der Waals surface area contributed by atoms with Gasteiger partial charge in [0.25, 0.3) is 0 Å². The number of aromatic nitrogens is 2. The Morgan fingerprint density at radius 2 is 1.42 bits per heavy atom. The van der Waals surface area contributed by atoms with Gasteiger partial charge in [-0.05, 0) is 83.7 Å². The van der Waals surface area contributed by atoms with Crippen LogP contribution in [0.5, 0.6) is 0 Å². The molecule has 3 aliphatic carbocycles. The molecule has 1 aromatic rings. The summed E-state index contributed by atoms with van der Waals surface area (Å²) in [6.07, 6.45) is 6.64. The Morgan fingerprint density at radius 1 is 0.877 bits per heavy atom. The number of alkyl halides is 2. The number of carbonyl (C=O) groups is 1. The molecular formula is C32H48Cl2K3N7O10S3. The van der Waals surface area contributed by atoms with E-state index in [4.69, 9.17) is 28.3 Å². The standard InChI is InChI=1S/C32H51Cl2N7O10S3.3K/c1-21(42)36-29-17-23(40(13-5-7-15-52(43,44)45)14-6-8-16-53(46,47)48)11-12-28(29)37-38-32-25(20-35)30(22-9-3-2-4-10-22)39-41(32)31-26(33)18-24(19-27(31)34)54(49,50)51;;;/h22-24,26-29,31H,2-19H2,1H3,(H,36,42)(H,43,44,45)(H,46,47,48)(H,49,50,51);;;/q;3*+1/p-3. The SMILES string of the molecule is CC(=O)NC1CC(N(CCCCS(=O)(=O)[O-])CCCCS(=O)(=O)[O-])CCC1N=Nc1c(C#N)c(C2CCCCC2)nn1C1C(Cl)CC(S(=O)(=O)[O-])CC1Cl.[K+].[K+].[K+]. The molecule has 0 spiro atoms. The summed E-state index contributed by atoms with van der Waals surface area (Å²) >= 11 is 13.5. The van der Waals surface area contributed by atoms with Crippen molar-refractivity contribution in [1.29, 1.82) is 5.26 Å². The van der Waals surface area contributed by atoms with E-state index in [1.165, 1.54) is 11.6 Å². The summed E-state index contributed by atoms with van der Waals surface area (Å²) in [5.41, 5.74) is 0.734. The van der Waals surface area contributed by atoms with Crippen molar-refractivity contribution in [3.8, 4) is 6.07 Å². The zero-order valence-corrected chi connectivity index (χ0v) is 46.4. The van der Waals surface area contributed by atoms with E-state index in [0.29, 0.717) is 50.9 Å². The Morgan fingerprint density at radius 3 is 1.89 bits per heavy atom. The second kappa shape index (κ2) is 26.8. The maximum atomic E-state index is 12.4. The molecule has 57 heavy (non-hydrogen) atoms. The van der Waals surface area contributed by atoms with Gasteiger partial charge in [-0.1, -0.05) is 19.3 Å². The smallest absolute Gasteiger partial charge is 0.748 e. The van der Waals surface area contributed by atoms with E-state index in [2.05, 4.69) is 26.5 Å². The molecule has 1 heterocycles. The molecule has 306 valence electrons. The van der Waals surface area contributed by atoms with E-state index in [0.717, 1.165) is 32.1 Å². The Labute approximate surface area is 474 Å². The van der Waals surface area contributed by atoms with E-state index >= 15 is 0 Å². The van der Waals surface area contributed by atoms with Crippen LogP contribution in [-0.4, -0.2) is 118 Å². The third-order valence-corrected chi connectivity index (χ3v) is 14.2. The predicted molar refractivity (Wildman–Crippen MR) is 197 cm³/mol. The number of hydrogen-bond donors (Lipinski definition) is 1. The van der Waals surface area contributed by atoms with Gasteiger partial charge in [-0.25, -0.2) is 29.9 Å². The van der Waals surface area contributed by atoms with Crippen LogP contribution in [0.3, 0.4) is 0 Å². The normalized spacial score (nSPS) is 26.2. The molecule has 17 nitrogen and oxygen atoms in total. The molecule has 0 radical (unpaired) electrons. The van der Waals surface area contributed by atoms with E-state index < -0.39 is 76.0 Å². The summed E-state index contributed by atoms with van der Waals surface area (Å²) in [5.74, 6) is -1.28. The minimum Gasteiger partial charge on any atom is -0.748 e. The van der Waals surface area contributed by atoms with Gasteiger partial charge in [-0.15, -0.1) is 28.3 Å². The third kappa shape index (κ3) is 18.8. The molecule has 0 aromatic carbocycles. The molecule has 3 fully saturated rings. The van der Waals surface area contributed by atoms with E-state index in [1.807, 2.05) is 0 Å². The Balaban J connectivity index is 0.00000541. The number of carbonyl (C=O) groups excluding carboxylic acids is 1. The monoisotopic (exact) mass is 973 g/mol. The summed E-state index contributed by atoms with van der Waals surface area (Å²) in [5, 5.41) is 24.3. The van der Waals surface area contributed by atoms with Crippen molar-refractivity contribution in [3.63, 3.8) is 0 Å². The number of azo groups is 1. The van der Waals surface area contributed by atoms with E-state index in [9.17, 15) is 49.0 Å². The first-order valence-electron chi connectivity index (χ1n) is 18.3. The Bertz CT molecular complexity index is 1820. The first kappa shape index (κ1) is 58.0. The number of nitrogens with one attached hydrogen (secondary N) is 1. The summed E-state index contributed by atoms with van der Waals surface area (Å²) in [7, 11) is -13.5. The van der Waals surface area contributed by atoms with E-state index in [-0.39, 0.29) is 209 Å². The summed E-state index contributed by atoms with van der Waals surface area (Å²) in [4.78, 5) is 14.5. The second-order valence-electron chi connectivity index (χ2n) is 14.6. The van der Waals surface area contributed by atoms with Gasteiger partial charge >= 0.3 is 154 Å². The molecule has 0 aliphatic heterocycles. The van der Waals surface area contributed by atoms with Crippen LogP contribution >= 0.6 is 23.2 Å². The van der Waals surface area contributed by atoms with Crippen LogP contribution < -0.4 is 159 Å². The van der Waals surface area contributed by atoms with Gasteiger partial charge in [-0.3, -0.25) is 4.79 Å². The van der Waals surface area contributed by atoms with Crippen LogP contribution in [0.25, 0.3) is 0 Å². The Kier molecular flexibility index (Phi) is 27.3. The molecule has 1 amide bonds. The average molecular weight is 975 g/mol. The molecule has 3 saturated carbocycles. The van der Waals surface area contributed by atoms with E-state index in [1.54, 1.807) is 0 Å². The first-order valence-corrected chi connectivity index (χ1v) is 23.8. The number of amides is 1. The fourth-order valence-corrected chi connectivity index (χ4v) is 11.3. The molecule has 0 saturated heterocycles. The number of nitrogens with zero attached hydrogens (tertiary/aromatic N) is 6. The molecule has 1 aromatic heterocycles. The Hall–Kier alpha value is 2.95. The molecule has 25 heteroatoms. The van der Waals surface area contributed by atoms with Crippen LogP contribution in [0.1, 0.15) is 120 Å². The van der Waals surface area contributed by atoms with Gasteiger partial charge in [0.1, 0.15) is 11.6 Å². The summed E-state index contributed by atoms with van der Waals surface area (Å²) in [6, 6.07) is 0.189. The van der Waals surface area contributed by atoms with Crippen molar-refractivity contribution in [2.45, 2.75) is 143 Å². The minimum atomic E-state index is -4.66. The topological polar surface area (TPSA) is 270 Å². The van der Waals surface area contributed by atoms with Crippen molar-refractivity contribution in [2.24, 2.45) is 10.2 Å². The number of nitriles is 1. The largest absolute Gasteiger partial charge is 1.00 e. The zero-order chi connectivity index (χ0) is 39.8. The minimum absolute atomic E-state index is 0. The maximum Gasteiger partial charge on any atom is 1.00 e. The average Bonchev–Trinajstić information content (AvgIpc) is 3.43. The molecule has 1 N–H and O–H groups in total.